The van der Waals surface area contributed by atoms with Crippen molar-refractivity contribution < 1.29 is 9.59 Å². The van der Waals surface area contributed by atoms with E-state index < -0.39 is 6.04 Å². The van der Waals surface area contributed by atoms with E-state index in [1.807, 2.05) is 30.3 Å². The summed E-state index contributed by atoms with van der Waals surface area (Å²) < 4.78 is 0. The molecule has 0 bridgehead atoms. The van der Waals surface area contributed by atoms with Gasteiger partial charge in [-0.15, -0.1) is 0 Å². The van der Waals surface area contributed by atoms with Crippen molar-refractivity contribution >= 4 is 11.7 Å². The van der Waals surface area contributed by atoms with E-state index in [1.54, 1.807) is 0 Å². The predicted octanol–water partition coefficient (Wildman–Crippen LogP) is 7.69. The summed E-state index contributed by atoms with van der Waals surface area (Å²) in [4.78, 5) is 25.4. The van der Waals surface area contributed by atoms with Crippen LogP contribution in [-0.2, 0) is 9.59 Å². The standard InChI is InChI=1S/C27H45NO2/c1-3-5-7-9-11-13-18-22-25(29)27(24-20-16-15-17-21-24)28-26(30)23-19-14-12-10-8-6-4-2/h15-17,20-21,27H,3-14,18-19,22-23H2,1-2H3,(H,28,30)/t27-/m0/s1. The molecule has 170 valence electrons. The second-order valence-electron chi connectivity index (χ2n) is 8.62. The second kappa shape index (κ2) is 18.2. The number of Topliss-reactive ketones (excluding diaryl/α,β-unsaturated/α-hetero) is 1. The summed E-state index contributed by atoms with van der Waals surface area (Å²) in [6.45, 7) is 4.45. The van der Waals surface area contributed by atoms with Gasteiger partial charge in [-0.25, -0.2) is 0 Å². The molecule has 0 spiro atoms. The van der Waals surface area contributed by atoms with Gasteiger partial charge in [0.25, 0.3) is 0 Å². The lowest BCUT2D eigenvalue weighted by molar-refractivity contribution is -0.128. The number of rotatable bonds is 19. The first-order chi connectivity index (χ1) is 14.7. The molecule has 0 aliphatic carbocycles. The minimum absolute atomic E-state index is 0.00493. The van der Waals surface area contributed by atoms with Gasteiger partial charge in [0.15, 0.2) is 5.78 Å². The van der Waals surface area contributed by atoms with Gasteiger partial charge in [-0.05, 0) is 18.4 Å². The summed E-state index contributed by atoms with van der Waals surface area (Å²) in [5.41, 5.74) is 0.901. The first-order valence-corrected chi connectivity index (χ1v) is 12.6. The Balaban J connectivity index is 2.39. The molecule has 0 saturated heterocycles. The Morgan fingerprint density at radius 1 is 0.667 bits per heavy atom. The van der Waals surface area contributed by atoms with Crippen LogP contribution in [-0.4, -0.2) is 11.7 Å². The lowest BCUT2D eigenvalue weighted by atomic mass is 9.97. The Bertz CT molecular complexity index is 555. The zero-order valence-electron chi connectivity index (χ0n) is 19.6. The highest BCUT2D eigenvalue weighted by molar-refractivity contribution is 5.90. The number of carbonyl (C=O) groups is 2. The molecule has 0 saturated carbocycles. The third-order valence-corrected chi connectivity index (χ3v) is 5.79. The number of carbonyl (C=O) groups excluding carboxylic acids is 2. The number of amides is 1. The first-order valence-electron chi connectivity index (χ1n) is 12.6. The van der Waals surface area contributed by atoms with Crippen molar-refractivity contribution in [1.29, 1.82) is 0 Å². The smallest absolute Gasteiger partial charge is 0.220 e. The van der Waals surface area contributed by atoms with Crippen molar-refractivity contribution in [1.82, 2.24) is 5.32 Å². The number of unbranched alkanes of at least 4 members (excludes halogenated alkanes) is 12. The van der Waals surface area contributed by atoms with E-state index in [9.17, 15) is 9.59 Å². The van der Waals surface area contributed by atoms with Gasteiger partial charge in [-0.3, -0.25) is 9.59 Å². The van der Waals surface area contributed by atoms with Gasteiger partial charge < -0.3 is 5.32 Å². The molecule has 0 aromatic heterocycles. The summed E-state index contributed by atoms with van der Waals surface area (Å²) in [5, 5.41) is 3.02. The van der Waals surface area contributed by atoms with E-state index in [-0.39, 0.29) is 11.7 Å². The van der Waals surface area contributed by atoms with Gasteiger partial charge >= 0.3 is 0 Å². The molecule has 0 unspecified atom stereocenters. The zero-order valence-corrected chi connectivity index (χ0v) is 19.6. The van der Waals surface area contributed by atoms with Gasteiger partial charge in [-0.2, -0.15) is 0 Å². The van der Waals surface area contributed by atoms with Crippen LogP contribution in [0.3, 0.4) is 0 Å². The van der Waals surface area contributed by atoms with Crippen LogP contribution in [0, 0.1) is 0 Å². The topological polar surface area (TPSA) is 46.2 Å². The predicted molar refractivity (Wildman–Crippen MR) is 128 cm³/mol. The molecular weight excluding hydrogens is 370 g/mol. The van der Waals surface area contributed by atoms with Gasteiger partial charge in [0.1, 0.15) is 6.04 Å². The average Bonchev–Trinajstić information content (AvgIpc) is 2.76. The molecule has 3 nitrogen and oxygen atoms in total. The Kier molecular flexibility index (Phi) is 16.0. The second-order valence-corrected chi connectivity index (χ2v) is 8.62. The quantitative estimate of drug-likeness (QED) is 0.235. The molecule has 1 aromatic rings. The van der Waals surface area contributed by atoms with E-state index in [1.165, 1.54) is 64.2 Å². The molecular formula is C27H45NO2. The third kappa shape index (κ3) is 12.8. The van der Waals surface area contributed by atoms with E-state index in [0.29, 0.717) is 12.8 Å². The van der Waals surface area contributed by atoms with Crippen LogP contribution in [0.4, 0.5) is 0 Å². The van der Waals surface area contributed by atoms with Crippen LogP contribution in [0.25, 0.3) is 0 Å². The first kappa shape index (κ1) is 26.4. The molecule has 0 radical (unpaired) electrons. The monoisotopic (exact) mass is 415 g/mol. The number of benzene rings is 1. The van der Waals surface area contributed by atoms with Crippen molar-refractivity contribution in [2.24, 2.45) is 0 Å². The molecule has 0 heterocycles. The van der Waals surface area contributed by atoms with Crippen LogP contribution in [0.1, 0.15) is 128 Å². The molecule has 3 heteroatoms. The van der Waals surface area contributed by atoms with Crippen LogP contribution < -0.4 is 5.32 Å². The molecule has 1 aromatic carbocycles. The van der Waals surface area contributed by atoms with Crippen LogP contribution in [0.5, 0.6) is 0 Å². The largest absolute Gasteiger partial charge is 0.342 e. The number of hydrogen-bond donors (Lipinski definition) is 1. The number of ketones is 1. The Morgan fingerprint density at radius 2 is 1.13 bits per heavy atom. The summed E-state index contributed by atoms with van der Waals surface area (Å²) in [6.07, 6.45) is 17.7. The van der Waals surface area contributed by atoms with Crippen LogP contribution in [0.2, 0.25) is 0 Å². The summed E-state index contributed by atoms with van der Waals surface area (Å²) in [6, 6.07) is 9.21. The summed E-state index contributed by atoms with van der Waals surface area (Å²) >= 11 is 0. The molecule has 0 aliphatic heterocycles. The highest BCUT2D eigenvalue weighted by Gasteiger charge is 2.21. The molecule has 0 fully saturated rings. The Hall–Kier alpha value is -1.64. The molecule has 0 aliphatic rings. The lowest BCUT2D eigenvalue weighted by Gasteiger charge is -2.18. The Morgan fingerprint density at radius 3 is 1.67 bits per heavy atom. The maximum absolute atomic E-state index is 12.9. The fourth-order valence-corrected chi connectivity index (χ4v) is 3.87. The van der Waals surface area contributed by atoms with Crippen LogP contribution in [0.15, 0.2) is 30.3 Å². The normalized spacial score (nSPS) is 11.9. The molecule has 1 atom stereocenters. The van der Waals surface area contributed by atoms with Gasteiger partial charge in [-0.1, -0.05) is 121 Å². The average molecular weight is 416 g/mol. The summed E-state index contributed by atoms with van der Waals surface area (Å²) in [5.74, 6) is 0.146. The molecule has 1 N–H and O–H groups in total. The van der Waals surface area contributed by atoms with E-state index >= 15 is 0 Å². The van der Waals surface area contributed by atoms with Crippen molar-refractivity contribution in [3.8, 4) is 0 Å². The van der Waals surface area contributed by atoms with Gasteiger partial charge in [0.2, 0.25) is 5.91 Å². The van der Waals surface area contributed by atoms with Crippen LogP contribution >= 0.6 is 0 Å². The third-order valence-electron chi connectivity index (χ3n) is 5.79. The van der Waals surface area contributed by atoms with E-state index in [2.05, 4.69) is 19.2 Å². The minimum Gasteiger partial charge on any atom is -0.342 e. The number of nitrogens with one attached hydrogen (secondary N) is 1. The van der Waals surface area contributed by atoms with Gasteiger partial charge in [0.05, 0.1) is 0 Å². The van der Waals surface area contributed by atoms with Crippen molar-refractivity contribution in [2.75, 3.05) is 0 Å². The highest BCUT2D eigenvalue weighted by Crippen LogP contribution is 2.19. The van der Waals surface area contributed by atoms with E-state index in [0.717, 1.165) is 31.2 Å². The lowest BCUT2D eigenvalue weighted by Crippen LogP contribution is -2.33. The van der Waals surface area contributed by atoms with Crippen molar-refractivity contribution in [3.63, 3.8) is 0 Å². The fraction of sp³-hybridized carbons (Fsp3) is 0.704. The molecule has 1 rings (SSSR count). The van der Waals surface area contributed by atoms with Gasteiger partial charge in [0, 0.05) is 12.8 Å². The Labute approximate surface area is 185 Å². The maximum atomic E-state index is 12.9. The molecule has 30 heavy (non-hydrogen) atoms. The minimum atomic E-state index is -0.497. The fourth-order valence-electron chi connectivity index (χ4n) is 3.87. The molecule has 1 amide bonds. The van der Waals surface area contributed by atoms with E-state index in [4.69, 9.17) is 0 Å². The van der Waals surface area contributed by atoms with Crippen molar-refractivity contribution in [3.05, 3.63) is 35.9 Å². The zero-order chi connectivity index (χ0) is 21.9. The SMILES string of the molecule is CCCCCCCCCC(=O)N[C@H](C(=O)CCCCCCCCC)c1ccccc1. The number of hydrogen-bond acceptors (Lipinski definition) is 2. The highest BCUT2D eigenvalue weighted by atomic mass is 16.2. The maximum Gasteiger partial charge on any atom is 0.220 e. The van der Waals surface area contributed by atoms with Crippen molar-refractivity contribution in [2.45, 2.75) is 123 Å². The summed E-state index contributed by atoms with van der Waals surface area (Å²) in [7, 11) is 0.